The molecule has 4 rings (SSSR count). The van der Waals surface area contributed by atoms with Crippen LogP contribution in [0.4, 0.5) is 10.5 Å². The van der Waals surface area contributed by atoms with Gasteiger partial charge in [0.05, 0.1) is 18.7 Å². The summed E-state index contributed by atoms with van der Waals surface area (Å²) >= 11 is 6.38. The summed E-state index contributed by atoms with van der Waals surface area (Å²) in [6.07, 6.45) is 0. The molecule has 0 aliphatic carbocycles. The predicted molar refractivity (Wildman–Crippen MR) is 125 cm³/mol. The molecule has 0 bridgehead atoms. The normalized spacial score (nSPS) is 19.4. The molecule has 0 saturated carbocycles. The van der Waals surface area contributed by atoms with Crippen molar-refractivity contribution in [1.82, 2.24) is 15.5 Å². The molecule has 0 spiro atoms. The average Bonchev–Trinajstić information content (AvgIpc) is 2.79. The van der Waals surface area contributed by atoms with E-state index in [1.54, 1.807) is 12.1 Å². The number of nitrogens with zero attached hydrogens (tertiary/aromatic N) is 2. The number of esters is 1. The van der Waals surface area contributed by atoms with E-state index in [2.05, 4.69) is 51.6 Å². The van der Waals surface area contributed by atoms with Gasteiger partial charge in [-0.1, -0.05) is 41.9 Å². The first-order valence-corrected chi connectivity index (χ1v) is 11.0. The monoisotopic (exact) mass is 454 g/mol. The predicted octanol–water partition coefficient (Wildman–Crippen LogP) is 3.25. The Hall–Kier alpha value is -3.03. The summed E-state index contributed by atoms with van der Waals surface area (Å²) in [6.45, 7) is 5.89. The fourth-order valence-corrected chi connectivity index (χ4v) is 4.49. The topological polar surface area (TPSA) is 73.9 Å². The minimum Gasteiger partial charge on any atom is -0.466 e. The second kappa shape index (κ2) is 9.63. The van der Waals surface area contributed by atoms with Gasteiger partial charge in [0.15, 0.2) is 0 Å². The van der Waals surface area contributed by atoms with E-state index >= 15 is 0 Å². The van der Waals surface area contributed by atoms with Crippen LogP contribution in [0.2, 0.25) is 5.02 Å². The lowest BCUT2D eigenvalue weighted by Gasteiger charge is -2.38. The van der Waals surface area contributed by atoms with Gasteiger partial charge in [0, 0.05) is 49.1 Å². The molecular formula is C24H27ClN4O3. The third-order valence-corrected chi connectivity index (χ3v) is 6.24. The van der Waals surface area contributed by atoms with E-state index in [0.29, 0.717) is 28.4 Å². The van der Waals surface area contributed by atoms with Crippen LogP contribution in [0, 0.1) is 6.92 Å². The number of hydrogen-bond acceptors (Lipinski definition) is 5. The Morgan fingerprint density at radius 3 is 2.56 bits per heavy atom. The van der Waals surface area contributed by atoms with Gasteiger partial charge in [0.2, 0.25) is 0 Å². The number of aryl methyl sites for hydroxylation is 1. The standard InChI is InChI=1S/C24H27ClN4O3/c1-16-6-5-7-17(14-16)29-12-10-28(11-13-29)15-20-21(23(30)32-2)22(27-24(31)26-20)18-8-3-4-9-19(18)25/h3-9,14,22H,10-13,15H2,1-2H3,(H2,26,27,31)/t22-/m0/s1. The maximum atomic E-state index is 12.7. The fourth-order valence-electron chi connectivity index (χ4n) is 4.25. The van der Waals surface area contributed by atoms with E-state index < -0.39 is 12.0 Å². The van der Waals surface area contributed by atoms with Crippen LogP contribution in [-0.4, -0.2) is 56.7 Å². The number of carbonyl (C=O) groups excluding carboxylic acids is 2. The highest BCUT2D eigenvalue weighted by Crippen LogP contribution is 2.32. The molecule has 2 amide bonds. The van der Waals surface area contributed by atoms with Crippen molar-refractivity contribution in [2.24, 2.45) is 0 Å². The largest absolute Gasteiger partial charge is 0.466 e. The lowest BCUT2D eigenvalue weighted by Crippen LogP contribution is -2.51. The molecule has 1 saturated heterocycles. The molecule has 2 heterocycles. The first-order valence-electron chi connectivity index (χ1n) is 10.6. The van der Waals surface area contributed by atoms with E-state index in [4.69, 9.17) is 16.3 Å². The molecule has 0 unspecified atom stereocenters. The number of ether oxygens (including phenoxy) is 1. The van der Waals surface area contributed by atoms with Gasteiger partial charge in [-0.2, -0.15) is 0 Å². The second-order valence-corrected chi connectivity index (χ2v) is 8.45. The molecule has 2 aromatic rings. The van der Waals surface area contributed by atoms with E-state index in [0.717, 1.165) is 26.2 Å². The van der Waals surface area contributed by atoms with Gasteiger partial charge in [-0.3, -0.25) is 4.90 Å². The summed E-state index contributed by atoms with van der Waals surface area (Å²) in [6, 6.07) is 14.6. The minimum absolute atomic E-state index is 0.365. The van der Waals surface area contributed by atoms with Crippen LogP contribution < -0.4 is 15.5 Å². The summed E-state index contributed by atoms with van der Waals surface area (Å²) < 4.78 is 5.06. The van der Waals surface area contributed by atoms with Crippen molar-refractivity contribution in [3.63, 3.8) is 0 Å². The molecule has 0 radical (unpaired) electrons. The van der Waals surface area contributed by atoms with Crippen molar-refractivity contribution in [2.45, 2.75) is 13.0 Å². The van der Waals surface area contributed by atoms with Gasteiger partial charge < -0.3 is 20.3 Å². The zero-order valence-electron chi connectivity index (χ0n) is 18.2. The van der Waals surface area contributed by atoms with Crippen molar-refractivity contribution < 1.29 is 14.3 Å². The number of piperazine rings is 1. The molecule has 8 heteroatoms. The SMILES string of the molecule is COC(=O)C1=C(CN2CCN(c3cccc(C)c3)CC2)NC(=O)N[C@H]1c1ccccc1Cl. The van der Waals surface area contributed by atoms with Crippen LogP contribution in [0.5, 0.6) is 0 Å². The van der Waals surface area contributed by atoms with E-state index in [9.17, 15) is 9.59 Å². The lowest BCUT2D eigenvalue weighted by molar-refractivity contribution is -0.136. The highest BCUT2D eigenvalue weighted by molar-refractivity contribution is 6.31. The van der Waals surface area contributed by atoms with Crippen molar-refractivity contribution in [3.8, 4) is 0 Å². The molecule has 2 aromatic carbocycles. The first kappa shape index (κ1) is 22.2. The van der Waals surface area contributed by atoms with E-state index in [1.807, 2.05) is 12.1 Å². The maximum absolute atomic E-state index is 12.7. The van der Waals surface area contributed by atoms with Gasteiger partial charge >= 0.3 is 12.0 Å². The Morgan fingerprint density at radius 1 is 1.12 bits per heavy atom. The Bertz CT molecular complexity index is 1050. The molecule has 0 aromatic heterocycles. The fraction of sp³-hybridized carbons (Fsp3) is 0.333. The van der Waals surface area contributed by atoms with Gasteiger partial charge in [-0.05, 0) is 36.2 Å². The number of rotatable bonds is 5. The molecule has 7 nitrogen and oxygen atoms in total. The number of hydrogen-bond donors (Lipinski definition) is 2. The van der Waals surface area contributed by atoms with Crippen LogP contribution in [0.15, 0.2) is 59.8 Å². The third-order valence-electron chi connectivity index (χ3n) is 5.90. The van der Waals surface area contributed by atoms with Crippen molar-refractivity contribution in [1.29, 1.82) is 0 Å². The molecule has 2 N–H and O–H groups in total. The van der Waals surface area contributed by atoms with Crippen LogP contribution in [0.1, 0.15) is 17.2 Å². The highest BCUT2D eigenvalue weighted by atomic mass is 35.5. The summed E-state index contributed by atoms with van der Waals surface area (Å²) in [4.78, 5) is 29.8. The first-order chi connectivity index (χ1) is 15.5. The molecule has 2 aliphatic heterocycles. The van der Waals surface area contributed by atoms with Gasteiger partial charge in [0.25, 0.3) is 0 Å². The summed E-state index contributed by atoms with van der Waals surface area (Å²) in [5, 5.41) is 6.13. The number of nitrogens with one attached hydrogen (secondary N) is 2. The number of urea groups is 1. The number of benzene rings is 2. The van der Waals surface area contributed by atoms with Gasteiger partial charge in [0.1, 0.15) is 0 Å². The summed E-state index contributed by atoms with van der Waals surface area (Å²) in [5.41, 5.74) is 4.04. The molecule has 1 atom stereocenters. The van der Waals surface area contributed by atoms with Crippen molar-refractivity contribution >= 4 is 29.3 Å². The van der Waals surface area contributed by atoms with Crippen LogP contribution in [-0.2, 0) is 9.53 Å². The molecular weight excluding hydrogens is 428 g/mol. The Morgan fingerprint density at radius 2 is 1.88 bits per heavy atom. The summed E-state index contributed by atoms with van der Waals surface area (Å²) in [7, 11) is 1.34. The number of halogens is 1. The van der Waals surface area contributed by atoms with Crippen LogP contribution in [0.3, 0.4) is 0 Å². The van der Waals surface area contributed by atoms with Crippen molar-refractivity contribution in [2.75, 3.05) is 44.7 Å². The van der Waals surface area contributed by atoms with Crippen molar-refractivity contribution in [3.05, 3.63) is 76.0 Å². The molecule has 1 fully saturated rings. The van der Waals surface area contributed by atoms with Gasteiger partial charge in [-0.15, -0.1) is 0 Å². The highest BCUT2D eigenvalue weighted by Gasteiger charge is 2.35. The third kappa shape index (κ3) is 4.74. The average molecular weight is 455 g/mol. The molecule has 168 valence electrons. The van der Waals surface area contributed by atoms with E-state index in [1.165, 1.54) is 18.4 Å². The molecule has 32 heavy (non-hydrogen) atoms. The van der Waals surface area contributed by atoms with Crippen LogP contribution in [0.25, 0.3) is 0 Å². The van der Waals surface area contributed by atoms with E-state index in [-0.39, 0.29) is 6.03 Å². The zero-order valence-corrected chi connectivity index (χ0v) is 19.0. The van der Waals surface area contributed by atoms with Gasteiger partial charge in [-0.25, -0.2) is 9.59 Å². The number of methoxy groups -OCH3 is 1. The summed E-state index contributed by atoms with van der Waals surface area (Å²) in [5.74, 6) is -0.490. The Kier molecular flexibility index (Phi) is 6.67. The number of amides is 2. The second-order valence-electron chi connectivity index (χ2n) is 8.04. The Balaban J connectivity index is 1.55. The lowest BCUT2D eigenvalue weighted by atomic mass is 9.95. The number of anilines is 1. The smallest absolute Gasteiger partial charge is 0.338 e. The Labute approximate surface area is 193 Å². The maximum Gasteiger partial charge on any atom is 0.338 e. The number of carbonyl (C=O) groups is 2. The van der Waals surface area contributed by atoms with Crippen LogP contribution >= 0.6 is 11.6 Å². The minimum atomic E-state index is -0.673. The zero-order chi connectivity index (χ0) is 22.7. The molecule has 2 aliphatic rings. The quantitative estimate of drug-likeness (QED) is 0.678.